The SMILES string of the molecule is COc1cc(OC)c(C(=O)c2ccccc2)cc1C=O. The summed E-state index contributed by atoms with van der Waals surface area (Å²) >= 11 is 0. The predicted molar refractivity (Wildman–Crippen MR) is 74.8 cm³/mol. The lowest BCUT2D eigenvalue weighted by Crippen LogP contribution is -2.06. The van der Waals surface area contributed by atoms with Crippen molar-refractivity contribution in [2.24, 2.45) is 0 Å². The Bertz CT molecular complexity index is 632. The Balaban J connectivity index is 2.55. The number of aldehydes is 1. The highest BCUT2D eigenvalue weighted by Crippen LogP contribution is 2.29. The smallest absolute Gasteiger partial charge is 0.196 e. The number of hydrogen-bond donors (Lipinski definition) is 0. The molecule has 0 fully saturated rings. The van der Waals surface area contributed by atoms with Crippen LogP contribution < -0.4 is 9.47 Å². The van der Waals surface area contributed by atoms with Crippen molar-refractivity contribution in [2.45, 2.75) is 0 Å². The van der Waals surface area contributed by atoms with E-state index in [2.05, 4.69) is 0 Å². The molecule has 0 N–H and O–H groups in total. The van der Waals surface area contributed by atoms with Gasteiger partial charge in [-0.3, -0.25) is 9.59 Å². The maximum absolute atomic E-state index is 12.5. The van der Waals surface area contributed by atoms with Crippen molar-refractivity contribution in [3.05, 3.63) is 59.2 Å². The molecule has 0 bridgehead atoms. The lowest BCUT2D eigenvalue weighted by atomic mass is 10.00. The number of carbonyl (C=O) groups is 2. The Hall–Kier alpha value is -2.62. The molecule has 0 atom stereocenters. The highest BCUT2D eigenvalue weighted by molar-refractivity contribution is 6.11. The maximum Gasteiger partial charge on any atom is 0.196 e. The monoisotopic (exact) mass is 270 g/mol. The van der Waals surface area contributed by atoms with E-state index in [9.17, 15) is 9.59 Å². The van der Waals surface area contributed by atoms with E-state index in [1.54, 1.807) is 30.3 Å². The molecule has 102 valence electrons. The molecule has 0 spiro atoms. The van der Waals surface area contributed by atoms with E-state index in [0.29, 0.717) is 34.5 Å². The van der Waals surface area contributed by atoms with Gasteiger partial charge in [-0.05, 0) is 6.07 Å². The van der Waals surface area contributed by atoms with Crippen molar-refractivity contribution in [3.63, 3.8) is 0 Å². The number of ether oxygens (including phenoxy) is 2. The first-order valence-electron chi connectivity index (χ1n) is 6.02. The average Bonchev–Trinajstić information content (AvgIpc) is 2.53. The first-order valence-corrected chi connectivity index (χ1v) is 6.02. The van der Waals surface area contributed by atoms with Gasteiger partial charge >= 0.3 is 0 Å². The van der Waals surface area contributed by atoms with Gasteiger partial charge in [0.05, 0.1) is 25.3 Å². The zero-order valence-electron chi connectivity index (χ0n) is 11.3. The van der Waals surface area contributed by atoms with Gasteiger partial charge in [-0.2, -0.15) is 0 Å². The largest absolute Gasteiger partial charge is 0.496 e. The second-order valence-electron chi connectivity index (χ2n) is 4.11. The van der Waals surface area contributed by atoms with Crippen LogP contribution in [0.4, 0.5) is 0 Å². The minimum atomic E-state index is -0.201. The summed E-state index contributed by atoms with van der Waals surface area (Å²) in [6.45, 7) is 0. The molecule has 4 heteroatoms. The van der Waals surface area contributed by atoms with Crippen LogP contribution in [0.15, 0.2) is 42.5 Å². The van der Waals surface area contributed by atoms with Crippen LogP contribution in [-0.2, 0) is 0 Å². The predicted octanol–water partition coefficient (Wildman–Crippen LogP) is 2.75. The molecule has 0 aliphatic heterocycles. The fraction of sp³-hybridized carbons (Fsp3) is 0.125. The van der Waals surface area contributed by atoms with Gasteiger partial charge in [-0.25, -0.2) is 0 Å². The van der Waals surface area contributed by atoms with Gasteiger partial charge in [0.15, 0.2) is 12.1 Å². The molecule has 0 saturated carbocycles. The van der Waals surface area contributed by atoms with Crippen molar-refractivity contribution >= 4 is 12.1 Å². The second-order valence-corrected chi connectivity index (χ2v) is 4.11. The van der Waals surface area contributed by atoms with Crippen molar-refractivity contribution in [2.75, 3.05) is 14.2 Å². The molecule has 2 aromatic rings. The quantitative estimate of drug-likeness (QED) is 0.619. The second kappa shape index (κ2) is 6.02. The molecule has 4 nitrogen and oxygen atoms in total. The molecule has 0 aromatic heterocycles. The van der Waals surface area contributed by atoms with Crippen LogP contribution in [0.3, 0.4) is 0 Å². The summed E-state index contributed by atoms with van der Waals surface area (Å²) in [5.74, 6) is 0.552. The van der Waals surface area contributed by atoms with Crippen molar-refractivity contribution in [3.8, 4) is 11.5 Å². The van der Waals surface area contributed by atoms with E-state index < -0.39 is 0 Å². The standard InChI is InChI=1S/C16H14O4/c1-19-14-9-15(20-2)13(8-12(14)10-17)16(18)11-6-4-3-5-7-11/h3-10H,1-2H3. The summed E-state index contributed by atoms with van der Waals surface area (Å²) in [6.07, 6.45) is 0.653. The summed E-state index contributed by atoms with van der Waals surface area (Å²) in [5, 5.41) is 0. The molecule has 0 aliphatic carbocycles. The molecule has 0 saturated heterocycles. The van der Waals surface area contributed by atoms with Crippen LogP contribution in [0.5, 0.6) is 11.5 Å². The number of ketones is 1. The zero-order valence-corrected chi connectivity index (χ0v) is 11.3. The molecular weight excluding hydrogens is 256 g/mol. The van der Waals surface area contributed by atoms with Crippen LogP contribution in [0.1, 0.15) is 26.3 Å². The molecule has 20 heavy (non-hydrogen) atoms. The topological polar surface area (TPSA) is 52.6 Å². The van der Waals surface area contributed by atoms with Crippen molar-refractivity contribution in [1.82, 2.24) is 0 Å². The van der Waals surface area contributed by atoms with E-state index >= 15 is 0 Å². The molecule has 2 aromatic carbocycles. The van der Waals surface area contributed by atoms with E-state index in [-0.39, 0.29) is 5.78 Å². The van der Waals surface area contributed by atoms with Gasteiger partial charge in [0, 0.05) is 11.6 Å². The maximum atomic E-state index is 12.5. The highest BCUT2D eigenvalue weighted by Gasteiger charge is 2.18. The van der Waals surface area contributed by atoms with Gasteiger partial charge in [-0.15, -0.1) is 0 Å². The van der Waals surface area contributed by atoms with Crippen molar-refractivity contribution < 1.29 is 19.1 Å². The number of benzene rings is 2. The third-order valence-corrected chi connectivity index (χ3v) is 2.96. The number of rotatable bonds is 5. The summed E-state index contributed by atoms with van der Waals surface area (Å²) in [5.41, 5.74) is 1.18. The summed E-state index contributed by atoms with van der Waals surface area (Å²) < 4.78 is 10.3. The fourth-order valence-corrected chi connectivity index (χ4v) is 1.94. The molecular formula is C16H14O4. The van der Waals surface area contributed by atoms with E-state index in [0.717, 1.165) is 0 Å². The first-order chi connectivity index (χ1) is 9.71. The highest BCUT2D eigenvalue weighted by atomic mass is 16.5. The van der Waals surface area contributed by atoms with Gasteiger partial charge < -0.3 is 9.47 Å². The molecule has 0 aliphatic rings. The Labute approximate surface area is 116 Å². The third-order valence-electron chi connectivity index (χ3n) is 2.96. The van der Waals surface area contributed by atoms with Crippen LogP contribution in [-0.4, -0.2) is 26.3 Å². The first kappa shape index (κ1) is 13.8. The number of carbonyl (C=O) groups excluding carboxylic acids is 2. The van der Waals surface area contributed by atoms with Crippen molar-refractivity contribution in [1.29, 1.82) is 0 Å². The van der Waals surface area contributed by atoms with Crippen LogP contribution >= 0.6 is 0 Å². The van der Waals surface area contributed by atoms with Crippen LogP contribution in [0.25, 0.3) is 0 Å². The lowest BCUT2D eigenvalue weighted by molar-refractivity contribution is 0.103. The summed E-state index contributed by atoms with van der Waals surface area (Å²) in [6, 6.07) is 11.9. The fourth-order valence-electron chi connectivity index (χ4n) is 1.94. The third kappa shape index (κ3) is 2.54. The van der Waals surface area contributed by atoms with E-state index in [4.69, 9.17) is 9.47 Å². The minimum absolute atomic E-state index is 0.201. The Kier molecular flexibility index (Phi) is 4.15. The summed E-state index contributed by atoms with van der Waals surface area (Å²) in [4.78, 5) is 23.5. The number of hydrogen-bond acceptors (Lipinski definition) is 4. The Morgan fingerprint density at radius 3 is 2.20 bits per heavy atom. The van der Waals surface area contributed by atoms with Crippen LogP contribution in [0, 0.1) is 0 Å². The lowest BCUT2D eigenvalue weighted by Gasteiger charge is -2.11. The van der Waals surface area contributed by atoms with E-state index in [1.807, 2.05) is 6.07 Å². The van der Waals surface area contributed by atoms with Crippen LogP contribution in [0.2, 0.25) is 0 Å². The van der Waals surface area contributed by atoms with Gasteiger partial charge in [0.1, 0.15) is 11.5 Å². The Morgan fingerprint density at radius 2 is 1.65 bits per heavy atom. The van der Waals surface area contributed by atoms with Gasteiger partial charge in [0.2, 0.25) is 0 Å². The summed E-state index contributed by atoms with van der Waals surface area (Å²) in [7, 11) is 2.93. The normalized spacial score (nSPS) is 9.90. The molecule has 2 rings (SSSR count). The minimum Gasteiger partial charge on any atom is -0.496 e. The van der Waals surface area contributed by atoms with Gasteiger partial charge in [0.25, 0.3) is 0 Å². The van der Waals surface area contributed by atoms with Gasteiger partial charge in [-0.1, -0.05) is 30.3 Å². The Morgan fingerprint density at radius 1 is 1.00 bits per heavy atom. The average molecular weight is 270 g/mol. The molecule has 0 unspecified atom stereocenters. The molecule has 0 radical (unpaired) electrons. The van der Waals surface area contributed by atoms with E-state index in [1.165, 1.54) is 20.3 Å². The zero-order chi connectivity index (χ0) is 14.5. The molecule has 0 amide bonds. The molecule has 0 heterocycles. The number of methoxy groups -OCH3 is 2.